The zero-order valence-corrected chi connectivity index (χ0v) is 25.1. The number of carbonyl (C=O) groups excluding carboxylic acids is 1. The second-order valence-electron chi connectivity index (χ2n) is 9.37. The first kappa shape index (κ1) is 27.8. The van der Waals surface area contributed by atoms with Gasteiger partial charge in [0.05, 0.1) is 28.3 Å². The number of hydrogen-bond donors (Lipinski definition) is 1. The van der Waals surface area contributed by atoms with Gasteiger partial charge in [0.1, 0.15) is 5.82 Å². The molecule has 6 nitrogen and oxygen atoms in total. The molecular weight excluding hydrogens is 632 g/mol. The number of anilines is 1. The van der Waals surface area contributed by atoms with E-state index in [-0.39, 0.29) is 11.6 Å². The lowest BCUT2D eigenvalue weighted by molar-refractivity contribution is 0.182. The maximum atomic E-state index is 14.0. The zero-order chi connectivity index (χ0) is 28.1. The van der Waals surface area contributed by atoms with E-state index >= 15 is 0 Å². The van der Waals surface area contributed by atoms with E-state index in [9.17, 15) is 9.59 Å². The highest BCUT2D eigenvalue weighted by atomic mass is 79.9. The number of rotatable bonds is 8. The van der Waals surface area contributed by atoms with Crippen LogP contribution in [0.15, 0.2) is 117 Å². The average Bonchev–Trinajstić information content (AvgIpc) is 2.97. The molecule has 8 heteroatoms. The Hall–Kier alpha value is -3.75. The van der Waals surface area contributed by atoms with E-state index in [4.69, 9.17) is 4.98 Å². The highest BCUT2D eigenvalue weighted by Crippen LogP contribution is 2.29. The van der Waals surface area contributed by atoms with Crippen LogP contribution in [0.3, 0.4) is 0 Å². The Kier molecular flexibility index (Phi) is 8.77. The summed E-state index contributed by atoms with van der Waals surface area (Å²) < 4.78 is 3.34. The number of amides is 2. The third kappa shape index (κ3) is 6.03. The van der Waals surface area contributed by atoms with Gasteiger partial charge in [0.2, 0.25) is 0 Å². The molecule has 0 saturated heterocycles. The van der Waals surface area contributed by atoms with Gasteiger partial charge >= 0.3 is 6.03 Å². The summed E-state index contributed by atoms with van der Waals surface area (Å²) >= 11 is 7.03. The predicted molar refractivity (Wildman–Crippen MR) is 168 cm³/mol. The fraction of sp³-hybridized carbons (Fsp3) is 0.156. The smallest absolute Gasteiger partial charge is 0.314 e. The van der Waals surface area contributed by atoms with E-state index in [2.05, 4.69) is 49.3 Å². The normalized spacial score (nSPS) is 11.8. The number of carbonyl (C=O) groups is 1. The van der Waals surface area contributed by atoms with Crippen LogP contribution in [0, 0.1) is 0 Å². The summed E-state index contributed by atoms with van der Waals surface area (Å²) in [6.07, 6.45) is 1.20. The molecule has 0 bridgehead atoms. The zero-order valence-electron chi connectivity index (χ0n) is 21.9. The molecule has 202 valence electrons. The molecule has 5 rings (SSSR count). The predicted octanol–water partition coefficient (Wildman–Crippen LogP) is 8.14. The Labute approximate surface area is 249 Å². The van der Waals surface area contributed by atoms with Crippen molar-refractivity contribution in [1.29, 1.82) is 0 Å². The van der Waals surface area contributed by atoms with Crippen molar-refractivity contribution >= 4 is 54.5 Å². The van der Waals surface area contributed by atoms with Crippen LogP contribution in [0.5, 0.6) is 0 Å². The number of nitrogens with zero attached hydrogens (tertiary/aromatic N) is 3. The molecule has 0 aliphatic carbocycles. The number of hydrogen-bond acceptors (Lipinski definition) is 3. The molecule has 0 spiro atoms. The maximum absolute atomic E-state index is 14.0. The van der Waals surface area contributed by atoms with Gasteiger partial charge in [-0.25, -0.2) is 9.78 Å². The van der Waals surface area contributed by atoms with Crippen LogP contribution in [0.25, 0.3) is 16.6 Å². The summed E-state index contributed by atoms with van der Waals surface area (Å²) in [5, 5.41) is 3.59. The van der Waals surface area contributed by atoms with Gasteiger partial charge in [-0.15, -0.1) is 0 Å². The third-order valence-corrected chi connectivity index (χ3v) is 8.03. The van der Waals surface area contributed by atoms with Crippen molar-refractivity contribution in [2.75, 3.05) is 11.9 Å². The lowest BCUT2D eigenvalue weighted by Crippen LogP contribution is -2.42. The lowest BCUT2D eigenvalue weighted by Gasteiger charge is -2.32. The first-order chi connectivity index (χ1) is 19.5. The van der Waals surface area contributed by atoms with Crippen LogP contribution in [0.4, 0.5) is 10.5 Å². The molecule has 0 radical (unpaired) electrons. The van der Waals surface area contributed by atoms with Crippen molar-refractivity contribution < 1.29 is 4.79 Å². The van der Waals surface area contributed by atoms with Crippen LogP contribution in [0.2, 0.25) is 0 Å². The Morgan fingerprint density at radius 2 is 1.57 bits per heavy atom. The van der Waals surface area contributed by atoms with Crippen molar-refractivity contribution in [3.63, 3.8) is 0 Å². The van der Waals surface area contributed by atoms with Crippen LogP contribution >= 0.6 is 31.9 Å². The number of urea groups is 1. The molecule has 1 unspecified atom stereocenters. The van der Waals surface area contributed by atoms with Crippen molar-refractivity contribution in [2.24, 2.45) is 0 Å². The van der Waals surface area contributed by atoms with Crippen molar-refractivity contribution in [1.82, 2.24) is 14.5 Å². The molecule has 1 aromatic heterocycles. The van der Waals surface area contributed by atoms with E-state index < -0.39 is 6.04 Å². The molecule has 5 aromatic rings. The number of benzene rings is 4. The first-order valence-electron chi connectivity index (χ1n) is 13.1. The molecule has 0 aliphatic rings. The Bertz CT molecular complexity index is 1690. The minimum Gasteiger partial charge on any atom is -0.314 e. The molecule has 0 aliphatic heterocycles. The molecular formula is C32H28Br2N4O2. The largest absolute Gasteiger partial charge is 0.322 e. The van der Waals surface area contributed by atoms with Gasteiger partial charge in [-0.3, -0.25) is 9.36 Å². The van der Waals surface area contributed by atoms with E-state index in [0.29, 0.717) is 47.5 Å². The minimum absolute atomic E-state index is 0.171. The second-order valence-corrected chi connectivity index (χ2v) is 11.1. The molecule has 0 saturated carbocycles. The fourth-order valence-electron chi connectivity index (χ4n) is 4.80. The lowest BCUT2D eigenvalue weighted by atomic mass is 10.1. The standard InChI is InChI=1S/C32H28Br2N4O2/c1-2-29(30-35-27-14-8-6-12-25(27)31(39)38(30)24-18-16-23(33)17-19-24)37(21-20-22-10-4-3-5-11-22)32(40)36-28-15-9-7-13-26(28)34/h3-19,29H,2,20-21H2,1H3,(H,36,40). The molecule has 0 fully saturated rings. The molecule has 1 atom stereocenters. The SMILES string of the molecule is CCC(c1nc2ccccc2c(=O)n1-c1ccc(Br)cc1)N(CCc1ccccc1)C(=O)Nc1ccccc1Br. The maximum Gasteiger partial charge on any atom is 0.322 e. The van der Waals surface area contributed by atoms with E-state index in [1.807, 2.05) is 91.9 Å². The second kappa shape index (κ2) is 12.6. The number of nitrogens with one attached hydrogen (secondary N) is 1. The Balaban J connectivity index is 1.64. The van der Waals surface area contributed by atoms with Crippen LogP contribution < -0.4 is 10.9 Å². The molecule has 4 aromatic carbocycles. The highest BCUT2D eigenvalue weighted by Gasteiger charge is 2.29. The number of halogens is 2. The molecule has 40 heavy (non-hydrogen) atoms. The average molecular weight is 660 g/mol. The summed E-state index contributed by atoms with van der Waals surface area (Å²) in [5.74, 6) is 0.517. The topological polar surface area (TPSA) is 67.2 Å². The summed E-state index contributed by atoms with van der Waals surface area (Å²) in [6.45, 7) is 2.45. The summed E-state index contributed by atoms with van der Waals surface area (Å²) in [7, 11) is 0. The number of fused-ring (bicyclic) bond motifs is 1. The summed E-state index contributed by atoms with van der Waals surface area (Å²) in [6, 6.07) is 31.7. The molecule has 1 heterocycles. The number of aromatic nitrogens is 2. The van der Waals surface area contributed by atoms with Gasteiger partial charge in [-0.05, 0) is 82.9 Å². The van der Waals surface area contributed by atoms with Gasteiger partial charge < -0.3 is 10.2 Å². The van der Waals surface area contributed by atoms with Crippen molar-refractivity contribution in [3.8, 4) is 5.69 Å². The van der Waals surface area contributed by atoms with Crippen molar-refractivity contribution in [2.45, 2.75) is 25.8 Å². The van der Waals surface area contributed by atoms with Gasteiger partial charge in [-0.1, -0.05) is 77.5 Å². The third-order valence-electron chi connectivity index (χ3n) is 6.81. The van der Waals surface area contributed by atoms with Crippen molar-refractivity contribution in [3.05, 3.63) is 134 Å². The van der Waals surface area contributed by atoms with Crippen LogP contribution in [0.1, 0.15) is 30.8 Å². The highest BCUT2D eigenvalue weighted by molar-refractivity contribution is 9.10. The van der Waals surface area contributed by atoms with Crippen LogP contribution in [-0.2, 0) is 6.42 Å². The Morgan fingerprint density at radius 3 is 2.30 bits per heavy atom. The van der Waals surface area contributed by atoms with E-state index in [0.717, 1.165) is 14.5 Å². The van der Waals surface area contributed by atoms with Gasteiger partial charge in [-0.2, -0.15) is 0 Å². The Morgan fingerprint density at radius 1 is 0.900 bits per heavy atom. The summed E-state index contributed by atoms with van der Waals surface area (Å²) in [5.41, 5.74) is 2.91. The first-order valence-corrected chi connectivity index (χ1v) is 14.7. The van der Waals surface area contributed by atoms with Gasteiger partial charge in [0, 0.05) is 15.5 Å². The van der Waals surface area contributed by atoms with Gasteiger partial charge in [0.25, 0.3) is 5.56 Å². The van der Waals surface area contributed by atoms with E-state index in [1.54, 1.807) is 15.5 Å². The monoisotopic (exact) mass is 658 g/mol. The number of para-hydroxylation sites is 2. The minimum atomic E-state index is -0.479. The van der Waals surface area contributed by atoms with E-state index in [1.165, 1.54) is 0 Å². The van der Waals surface area contributed by atoms with Crippen LogP contribution in [-0.4, -0.2) is 27.0 Å². The summed E-state index contributed by atoms with van der Waals surface area (Å²) in [4.78, 5) is 34.7. The van der Waals surface area contributed by atoms with Gasteiger partial charge in [0.15, 0.2) is 0 Å². The quantitative estimate of drug-likeness (QED) is 0.183. The fourth-order valence-corrected chi connectivity index (χ4v) is 5.45. The molecule has 1 N–H and O–H groups in total. The molecule has 2 amide bonds.